The Kier molecular flexibility index (Phi) is 6.81. The Hall–Kier alpha value is -3.52. The summed E-state index contributed by atoms with van der Waals surface area (Å²) in [5, 5.41) is 14.7. The van der Waals surface area contributed by atoms with E-state index in [2.05, 4.69) is 5.32 Å². The summed E-state index contributed by atoms with van der Waals surface area (Å²) in [5.74, 6) is -0.768. The van der Waals surface area contributed by atoms with Gasteiger partial charge in [0.25, 0.3) is 5.69 Å². The Balaban J connectivity index is 2.07. The van der Waals surface area contributed by atoms with E-state index >= 15 is 0 Å². The zero-order chi connectivity index (χ0) is 22.5. The third-order valence-electron chi connectivity index (χ3n) is 5.03. The number of nitrogens with one attached hydrogen (secondary N) is 1. The van der Waals surface area contributed by atoms with Gasteiger partial charge in [-0.1, -0.05) is 18.2 Å². The number of non-ortho nitro benzene ring substituents is 1. The predicted octanol–water partition coefficient (Wildman–Crippen LogP) is 5.33. The van der Waals surface area contributed by atoms with Gasteiger partial charge in [0.1, 0.15) is 11.5 Å². The van der Waals surface area contributed by atoms with Crippen LogP contribution in [-0.2, 0) is 0 Å². The fourth-order valence-corrected chi connectivity index (χ4v) is 3.37. The highest BCUT2D eigenvalue weighted by molar-refractivity contribution is 5.48. The van der Waals surface area contributed by atoms with Crippen LogP contribution >= 0.6 is 0 Å². The molecule has 162 valence electrons. The van der Waals surface area contributed by atoms with Crippen molar-refractivity contribution < 1.29 is 23.2 Å². The lowest BCUT2D eigenvalue weighted by Gasteiger charge is -2.26. The molecule has 2 atom stereocenters. The highest BCUT2D eigenvalue weighted by Gasteiger charge is 2.23. The normalized spacial score (nSPS) is 12.8. The number of benzene rings is 3. The molecule has 0 aliphatic heterocycles. The topological polar surface area (TPSA) is 73.6 Å². The molecule has 0 heterocycles. The third-order valence-corrected chi connectivity index (χ3v) is 5.03. The molecule has 3 aromatic rings. The van der Waals surface area contributed by atoms with Gasteiger partial charge in [-0.25, -0.2) is 8.78 Å². The molecule has 0 aliphatic rings. The number of nitro benzene ring substituents is 1. The fraction of sp³-hybridized carbons (Fsp3) is 0.217. The van der Waals surface area contributed by atoms with Crippen LogP contribution in [0.2, 0.25) is 0 Å². The summed E-state index contributed by atoms with van der Waals surface area (Å²) in [7, 11) is 3.05. The fourth-order valence-electron chi connectivity index (χ4n) is 3.37. The summed E-state index contributed by atoms with van der Waals surface area (Å²) in [6, 6.07) is 14.2. The van der Waals surface area contributed by atoms with Crippen LogP contribution in [0, 0.1) is 21.7 Å². The van der Waals surface area contributed by atoms with Crippen molar-refractivity contribution in [2.24, 2.45) is 0 Å². The van der Waals surface area contributed by atoms with E-state index in [0.717, 1.165) is 12.1 Å². The Labute approximate surface area is 178 Å². The van der Waals surface area contributed by atoms with Gasteiger partial charge in [-0.3, -0.25) is 15.4 Å². The minimum atomic E-state index is -0.944. The van der Waals surface area contributed by atoms with E-state index in [9.17, 15) is 18.9 Å². The van der Waals surface area contributed by atoms with Crippen molar-refractivity contribution in [2.75, 3.05) is 14.2 Å². The van der Waals surface area contributed by atoms with Gasteiger partial charge in [-0.05, 0) is 42.3 Å². The molecule has 0 aliphatic carbocycles. The number of halogens is 2. The van der Waals surface area contributed by atoms with Gasteiger partial charge in [0.05, 0.1) is 25.2 Å². The van der Waals surface area contributed by atoms with Crippen molar-refractivity contribution in [3.8, 4) is 11.5 Å². The van der Waals surface area contributed by atoms with Crippen molar-refractivity contribution in [1.29, 1.82) is 0 Å². The number of hydrogen-bond donors (Lipinski definition) is 1. The minimum Gasteiger partial charge on any atom is -0.497 e. The van der Waals surface area contributed by atoms with Gasteiger partial charge < -0.3 is 9.47 Å². The third kappa shape index (κ3) is 4.97. The van der Waals surface area contributed by atoms with E-state index in [4.69, 9.17) is 9.47 Å². The molecule has 3 rings (SSSR count). The number of methoxy groups -OCH3 is 2. The molecule has 8 heteroatoms. The molecule has 6 nitrogen and oxygen atoms in total. The highest BCUT2D eigenvalue weighted by Crippen LogP contribution is 2.35. The molecule has 0 spiro atoms. The minimum absolute atomic E-state index is 0.0581. The molecule has 0 bridgehead atoms. The van der Waals surface area contributed by atoms with E-state index in [0.29, 0.717) is 28.2 Å². The summed E-state index contributed by atoms with van der Waals surface area (Å²) in [4.78, 5) is 10.8. The second-order valence-electron chi connectivity index (χ2n) is 6.95. The Bertz CT molecular complexity index is 1090. The smallest absolute Gasteiger partial charge is 0.269 e. The largest absolute Gasteiger partial charge is 0.497 e. The average Bonchev–Trinajstić information content (AvgIpc) is 2.78. The SMILES string of the molecule is COc1ccc(C(NC(C)c2ccc(F)c(F)c2)c2cccc([N+](=O)[O-])c2)c(OC)c1. The van der Waals surface area contributed by atoms with Crippen molar-refractivity contribution in [3.05, 3.63) is 99.1 Å². The number of hydrogen-bond acceptors (Lipinski definition) is 5. The van der Waals surface area contributed by atoms with Crippen LogP contribution < -0.4 is 14.8 Å². The summed E-state index contributed by atoms with van der Waals surface area (Å²) in [5.41, 5.74) is 1.80. The van der Waals surface area contributed by atoms with Gasteiger partial charge >= 0.3 is 0 Å². The van der Waals surface area contributed by atoms with Crippen LogP contribution in [0.1, 0.15) is 35.7 Å². The highest BCUT2D eigenvalue weighted by atomic mass is 19.2. The zero-order valence-corrected chi connectivity index (χ0v) is 17.3. The maximum atomic E-state index is 13.8. The van der Waals surface area contributed by atoms with E-state index in [-0.39, 0.29) is 5.69 Å². The predicted molar refractivity (Wildman–Crippen MR) is 112 cm³/mol. The zero-order valence-electron chi connectivity index (χ0n) is 17.3. The number of nitrogens with zero attached hydrogens (tertiary/aromatic N) is 1. The molecular weight excluding hydrogens is 406 g/mol. The van der Waals surface area contributed by atoms with Crippen LogP contribution in [0.5, 0.6) is 11.5 Å². The van der Waals surface area contributed by atoms with Gasteiger partial charge in [-0.2, -0.15) is 0 Å². The van der Waals surface area contributed by atoms with Crippen LogP contribution in [0.3, 0.4) is 0 Å². The van der Waals surface area contributed by atoms with Crippen LogP contribution in [0.4, 0.5) is 14.5 Å². The van der Waals surface area contributed by atoms with Crippen LogP contribution in [0.25, 0.3) is 0 Å². The summed E-state index contributed by atoms with van der Waals surface area (Å²) in [6.45, 7) is 1.80. The molecular formula is C23H22F2N2O4. The summed E-state index contributed by atoms with van der Waals surface area (Å²) < 4.78 is 37.9. The molecule has 3 aromatic carbocycles. The molecule has 0 fully saturated rings. The van der Waals surface area contributed by atoms with Gasteiger partial charge in [0.2, 0.25) is 0 Å². The molecule has 31 heavy (non-hydrogen) atoms. The van der Waals surface area contributed by atoms with Crippen LogP contribution in [0.15, 0.2) is 60.7 Å². The first kappa shape index (κ1) is 22.2. The Morgan fingerprint density at radius 2 is 1.71 bits per heavy atom. The van der Waals surface area contributed by atoms with E-state index in [1.807, 2.05) is 0 Å². The van der Waals surface area contributed by atoms with Crippen molar-refractivity contribution >= 4 is 5.69 Å². The van der Waals surface area contributed by atoms with Crippen molar-refractivity contribution in [2.45, 2.75) is 19.0 Å². The molecule has 0 saturated heterocycles. The van der Waals surface area contributed by atoms with Crippen molar-refractivity contribution in [1.82, 2.24) is 5.32 Å². The second kappa shape index (κ2) is 9.53. The molecule has 1 N–H and O–H groups in total. The molecule has 0 saturated carbocycles. The van der Waals surface area contributed by atoms with Crippen LogP contribution in [-0.4, -0.2) is 19.1 Å². The molecule has 2 unspecified atom stereocenters. The monoisotopic (exact) mass is 428 g/mol. The first-order chi connectivity index (χ1) is 14.8. The first-order valence-corrected chi connectivity index (χ1v) is 9.51. The summed E-state index contributed by atoms with van der Waals surface area (Å²) in [6.07, 6.45) is 0. The number of nitro groups is 1. The Morgan fingerprint density at radius 3 is 2.35 bits per heavy atom. The first-order valence-electron chi connectivity index (χ1n) is 9.51. The lowest BCUT2D eigenvalue weighted by molar-refractivity contribution is -0.384. The van der Waals surface area contributed by atoms with E-state index in [1.165, 1.54) is 32.4 Å². The second-order valence-corrected chi connectivity index (χ2v) is 6.95. The van der Waals surface area contributed by atoms with Gasteiger partial charge in [0, 0.05) is 29.8 Å². The maximum absolute atomic E-state index is 13.8. The number of ether oxygens (including phenoxy) is 2. The quantitative estimate of drug-likeness (QED) is 0.388. The average molecular weight is 428 g/mol. The maximum Gasteiger partial charge on any atom is 0.269 e. The lowest BCUT2D eigenvalue weighted by Crippen LogP contribution is -2.26. The molecule has 0 radical (unpaired) electrons. The molecule has 0 amide bonds. The Morgan fingerprint density at radius 1 is 0.935 bits per heavy atom. The van der Waals surface area contributed by atoms with E-state index in [1.54, 1.807) is 37.3 Å². The van der Waals surface area contributed by atoms with E-state index < -0.39 is 28.6 Å². The standard InChI is InChI=1S/C23H22F2N2O4/c1-14(15-7-10-20(24)21(25)12-15)26-23(16-5-4-6-17(11-16)27(28)29)19-9-8-18(30-2)13-22(19)31-3/h4-14,23,26H,1-3H3. The lowest BCUT2D eigenvalue weighted by atomic mass is 9.95. The number of rotatable bonds is 8. The summed E-state index contributed by atoms with van der Waals surface area (Å²) >= 11 is 0. The van der Waals surface area contributed by atoms with Gasteiger partial charge in [-0.15, -0.1) is 0 Å². The molecule has 0 aromatic heterocycles. The van der Waals surface area contributed by atoms with Gasteiger partial charge in [0.15, 0.2) is 11.6 Å². The van der Waals surface area contributed by atoms with Crippen molar-refractivity contribution in [3.63, 3.8) is 0 Å².